The minimum atomic E-state index is -0.946. The minimum absolute atomic E-state index is 0.0960. The van der Waals surface area contributed by atoms with Crippen molar-refractivity contribution in [1.29, 1.82) is 0 Å². The van der Waals surface area contributed by atoms with E-state index in [9.17, 15) is 14.7 Å². The molecule has 114 valence electrons. The van der Waals surface area contributed by atoms with Crippen LogP contribution in [0.1, 0.15) is 28.9 Å². The molecule has 1 aliphatic rings. The van der Waals surface area contributed by atoms with Crippen LogP contribution >= 0.6 is 11.6 Å². The van der Waals surface area contributed by atoms with E-state index < -0.39 is 11.9 Å². The van der Waals surface area contributed by atoms with Crippen molar-refractivity contribution in [3.8, 4) is 0 Å². The minimum Gasteiger partial charge on any atom is -0.481 e. The first-order chi connectivity index (χ1) is 10.5. The van der Waals surface area contributed by atoms with Gasteiger partial charge in [-0.2, -0.15) is 5.10 Å². The number of benzene rings is 1. The lowest BCUT2D eigenvalue weighted by atomic mass is 10.0. The van der Waals surface area contributed by atoms with Crippen molar-refractivity contribution >= 4 is 29.2 Å². The first-order valence-electron chi connectivity index (χ1n) is 6.89. The zero-order valence-electron chi connectivity index (χ0n) is 11.9. The first kappa shape index (κ1) is 14.6. The zero-order valence-corrected chi connectivity index (χ0v) is 12.6. The fourth-order valence-corrected chi connectivity index (χ4v) is 2.98. The maximum absolute atomic E-state index is 12.8. The molecular weight excluding hydrogens is 306 g/mol. The van der Waals surface area contributed by atoms with Crippen molar-refractivity contribution in [2.75, 3.05) is 11.4 Å². The molecule has 0 aliphatic carbocycles. The Morgan fingerprint density at radius 3 is 2.82 bits per heavy atom. The Morgan fingerprint density at radius 2 is 2.14 bits per heavy atom. The lowest BCUT2D eigenvalue weighted by Gasteiger charge is -2.18. The summed E-state index contributed by atoms with van der Waals surface area (Å²) in [7, 11) is 0. The van der Waals surface area contributed by atoms with Crippen LogP contribution in [0.15, 0.2) is 30.5 Å². The summed E-state index contributed by atoms with van der Waals surface area (Å²) in [6.45, 7) is 2.46. The summed E-state index contributed by atoms with van der Waals surface area (Å²) in [5.41, 5.74) is 1.53. The van der Waals surface area contributed by atoms with Crippen LogP contribution in [-0.2, 0) is 11.3 Å². The van der Waals surface area contributed by atoms with E-state index in [2.05, 4.69) is 5.10 Å². The largest absolute Gasteiger partial charge is 0.481 e. The number of anilines is 1. The number of amides is 1. The summed E-state index contributed by atoms with van der Waals surface area (Å²) in [5, 5.41) is 13.7. The fourth-order valence-electron chi connectivity index (χ4n) is 2.75. The van der Waals surface area contributed by atoms with Gasteiger partial charge in [0, 0.05) is 18.8 Å². The van der Waals surface area contributed by atoms with E-state index in [0.717, 1.165) is 0 Å². The standard InChI is InChI=1S/C15H14ClN3O3/c1-2-19-13(11(16)7-17-19)14(20)18-8-10(15(21)22)9-5-3-4-6-12(9)18/h3-7,10H,2,8H2,1H3,(H,21,22). The molecule has 2 heterocycles. The summed E-state index contributed by atoms with van der Waals surface area (Å²) in [6, 6.07) is 7.03. The normalized spacial score (nSPS) is 16.6. The monoisotopic (exact) mass is 319 g/mol. The third-order valence-corrected chi connectivity index (χ3v) is 4.08. The predicted molar refractivity (Wildman–Crippen MR) is 81.4 cm³/mol. The van der Waals surface area contributed by atoms with Crippen LogP contribution < -0.4 is 4.90 Å². The summed E-state index contributed by atoms with van der Waals surface area (Å²) in [6.07, 6.45) is 1.43. The molecule has 1 aliphatic heterocycles. The van der Waals surface area contributed by atoms with Crippen molar-refractivity contribution in [3.63, 3.8) is 0 Å². The smallest absolute Gasteiger partial charge is 0.312 e. The average molecular weight is 320 g/mol. The second-order valence-corrected chi connectivity index (χ2v) is 5.43. The number of aromatic nitrogens is 2. The van der Waals surface area contributed by atoms with Gasteiger partial charge in [0.2, 0.25) is 0 Å². The number of carboxylic acids is 1. The molecule has 0 saturated carbocycles. The van der Waals surface area contributed by atoms with Gasteiger partial charge in [-0.25, -0.2) is 0 Å². The third-order valence-electron chi connectivity index (χ3n) is 3.81. The van der Waals surface area contributed by atoms with Gasteiger partial charge in [0.05, 0.1) is 11.2 Å². The van der Waals surface area contributed by atoms with Gasteiger partial charge < -0.3 is 10.0 Å². The van der Waals surface area contributed by atoms with E-state index in [1.54, 1.807) is 24.3 Å². The number of carboxylic acid groups (broad SMARTS) is 1. The van der Waals surface area contributed by atoms with E-state index in [-0.39, 0.29) is 23.2 Å². The Bertz CT molecular complexity index is 756. The molecule has 1 N–H and O–H groups in total. The van der Waals surface area contributed by atoms with Crippen LogP contribution in [0.3, 0.4) is 0 Å². The second kappa shape index (κ2) is 5.46. The van der Waals surface area contributed by atoms with E-state index in [1.807, 2.05) is 6.92 Å². The lowest BCUT2D eigenvalue weighted by Crippen LogP contribution is -2.33. The Morgan fingerprint density at radius 1 is 1.41 bits per heavy atom. The summed E-state index contributed by atoms with van der Waals surface area (Å²) in [5.74, 6) is -2.00. The molecular formula is C15H14ClN3O3. The van der Waals surface area contributed by atoms with Crippen molar-refractivity contribution < 1.29 is 14.7 Å². The van der Waals surface area contributed by atoms with Gasteiger partial charge in [-0.05, 0) is 18.6 Å². The number of carbonyl (C=O) groups is 2. The average Bonchev–Trinajstić information content (AvgIpc) is 3.07. The van der Waals surface area contributed by atoms with E-state index in [0.29, 0.717) is 17.8 Å². The zero-order chi connectivity index (χ0) is 15.9. The highest BCUT2D eigenvalue weighted by molar-refractivity contribution is 6.34. The van der Waals surface area contributed by atoms with Crippen LogP contribution in [0.25, 0.3) is 0 Å². The molecule has 1 aromatic carbocycles. The number of hydrogen-bond acceptors (Lipinski definition) is 3. The van der Waals surface area contributed by atoms with Gasteiger partial charge in [0.15, 0.2) is 0 Å². The molecule has 1 amide bonds. The van der Waals surface area contributed by atoms with Crippen molar-refractivity contribution in [3.05, 3.63) is 46.7 Å². The number of aryl methyl sites for hydroxylation is 1. The molecule has 3 rings (SSSR count). The molecule has 6 nitrogen and oxygen atoms in total. The van der Waals surface area contributed by atoms with E-state index >= 15 is 0 Å². The number of halogens is 1. The van der Waals surface area contributed by atoms with Gasteiger partial charge in [0.1, 0.15) is 11.6 Å². The molecule has 22 heavy (non-hydrogen) atoms. The van der Waals surface area contributed by atoms with Crippen molar-refractivity contribution in [2.24, 2.45) is 0 Å². The Labute approximate surface area is 131 Å². The fraction of sp³-hybridized carbons (Fsp3) is 0.267. The number of para-hydroxylation sites is 1. The maximum Gasteiger partial charge on any atom is 0.312 e. The van der Waals surface area contributed by atoms with E-state index in [4.69, 9.17) is 11.6 Å². The highest BCUT2D eigenvalue weighted by Crippen LogP contribution is 2.37. The van der Waals surface area contributed by atoms with Gasteiger partial charge in [-0.1, -0.05) is 29.8 Å². The van der Waals surface area contributed by atoms with Crippen molar-refractivity contribution in [1.82, 2.24) is 9.78 Å². The molecule has 7 heteroatoms. The van der Waals surface area contributed by atoms with Crippen LogP contribution in [0.4, 0.5) is 5.69 Å². The number of rotatable bonds is 3. The molecule has 0 spiro atoms. The maximum atomic E-state index is 12.8. The lowest BCUT2D eigenvalue weighted by molar-refractivity contribution is -0.138. The quantitative estimate of drug-likeness (QED) is 0.942. The van der Waals surface area contributed by atoms with Gasteiger partial charge >= 0.3 is 5.97 Å². The molecule has 1 unspecified atom stereocenters. The van der Waals surface area contributed by atoms with Crippen LogP contribution in [0.2, 0.25) is 5.02 Å². The number of hydrogen-bond donors (Lipinski definition) is 1. The second-order valence-electron chi connectivity index (χ2n) is 5.02. The van der Waals surface area contributed by atoms with Crippen LogP contribution in [0, 0.1) is 0 Å². The Balaban J connectivity index is 2.04. The van der Waals surface area contributed by atoms with Gasteiger partial charge in [0.25, 0.3) is 5.91 Å². The van der Waals surface area contributed by atoms with Crippen LogP contribution in [-0.4, -0.2) is 33.3 Å². The topological polar surface area (TPSA) is 75.4 Å². The Kier molecular flexibility index (Phi) is 3.62. The number of aliphatic carboxylic acids is 1. The molecule has 2 aromatic rings. The van der Waals surface area contributed by atoms with Gasteiger partial charge in [-0.3, -0.25) is 14.3 Å². The van der Waals surface area contributed by atoms with Crippen LogP contribution in [0.5, 0.6) is 0 Å². The SMILES string of the molecule is CCn1ncc(Cl)c1C(=O)N1CC(C(=O)O)c2ccccc21. The number of fused-ring (bicyclic) bond motifs is 1. The summed E-state index contributed by atoms with van der Waals surface area (Å²) < 4.78 is 1.52. The number of carbonyl (C=O) groups excluding carboxylic acids is 1. The van der Waals surface area contributed by atoms with Crippen molar-refractivity contribution in [2.45, 2.75) is 19.4 Å². The first-order valence-corrected chi connectivity index (χ1v) is 7.27. The highest BCUT2D eigenvalue weighted by Gasteiger charge is 2.38. The van der Waals surface area contributed by atoms with E-state index in [1.165, 1.54) is 15.8 Å². The molecule has 0 fully saturated rings. The summed E-state index contributed by atoms with van der Waals surface area (Å²) in [4.78, 5) is 25.7. The molecule has 0 bridgehead atoms. The predicted octanol–water partition coefficient (Wildman–Crippen LogP) is 2.39. The third kappa shape index (κ3) is 2.16. The molecule has 1 atom stereocenters. The molecule has 0 radical (unpaired) electrons. The molecule has 1 aromatic heterocycles. The summed E-state index contributed by atoms with van der Waals surface area (Å²) >= 11 is 6.08. The highest BCUT2D eigenvalue weighted by atomic mass is 35.5. The number of nitrogens with zero attached hydrogens (tertiary/aromatic N) is 3. The van der Waals surface area contributed by atoms with Gasteiger partial charge in [-0.15, -0.1) is 0 Å². The molecule has 0 saturated heterocycles. The Hall–Kier alpha value is -2.34.